The van der Waals surface area contributed by atoms with Gasteiger partial charge >= 0.3 is 0 Å². The summed E-state index contributed by atoms with van der Waals surface area (Å²) in [4.78, 5) is 4.22. The molecule has 4 nitrogen and oxygen atoms in total. The van der Waals surface area contributed by atoms with Crippen molar-refractivity contribution in [1.82, 2.24) is 9.55 Å². The lowest BCUT2D eigenvalue weighted by molar-refractivity contribution is 0.386. The summed E-state index contributed by atoms with van der Waals surface area (Å²) in [5.41, 5.74) is 7.33. The monoisotopic (exact) mass is 265 g/mol. The molecule has 0 radical (unpaired) electrons. The van der Waals surface area contributed by atoms with Crippen LogP contribution in [0.25, 0.3) is 11.0 Å². The molecule has 0 aliphatic carbocycles. The topological polar surface area (TPSA) is 53.1 Å². The van der Waals surface area contributed by atoms with Crippen LogP contribution in [-0.4, -0.2) is 16.7 Å². The number of hydrogen-bond acceptors (Lipinski definition) is 3. The Bertz CT molecular complexity index is 592. The van der Waals surface area contributed by atoms with Crippen molar-refractivity contribution in [2.45, 2.75) is 33.2 Å². The molecule has 1 unspecified atom stereocenters. The van der Waals surface area contributed by atoms with Gasteiger partial charge in [0, 0.05) is 18.2 Å². The van der Waals surface area contributed by atoms with Gasteiger partial charge in [0.25, 0.3) is 0 Å². The average molecular weight is 265 g/mol. The van der Waals surface area contributed by atoms with E-state index in [1.807, 2.05) is 4.57 Å². The van der Waals surface area contributed by atoms with Crippen molar-refractivity contribution >= 4 is 17.0 Å². The smallest absolute Gasteiger partial charge is 0.201 e. The fourth-order valence-electron chi connectivity index (χ4n) is 2.52. The molecule has 1 aromatic heterocycles. The van der Waals surface area contributed by atoms with Crippen molar-refractivity contribution < 1.29 is 9.13 Å². The molecule has 0 spiro atoms. The average Bonchev–Trinajstić information content (AvgIpc) is 2.61. The molecule has 0 aliphatic rings. The summed E-state index contributed by atoms with van der Waals surface area (Å²) in [7, 11) is 1.45. The maximum absolute atomic E-state index is 13.7. The van der Waals surface area contributed by atoms with E-state index >= 15 is 0 Å². The lowest BCUT2D eigenvalue weighted by atomic mass is 10.0. The number of imidazole rings is 1. The fourth-order valence-corrected chi connectivity index (χ4v) is 2.52. The summed E-state index contributed by atoms with van der Waals surface area (Å²) in [6.07, 6.45) is 0.981. The molecule has 0 aliphatic heterocycles. The Labute approximate surface area is 112 Å². The minimum Gasteiger partial charge on any atom is -0.494 e. The zero-order valence-corrected chi connectivity index (χ0v) is 11.8. The van der Waals surface area contributed by atoms with Gasteiger partial charge in [-0.25, -0.2) is 9.37 Å². The van der Waals surface area contributed by atoms with E-state index in [1.165, 1.54) is 13.2 Å². The summed E-state index contributed by atoms with van der Waals surface area (Å²) < 4.78 is 20.6. The quantitative estimate of drug-likeness (QED) is 0.922. The van der Waals surface area contributed by atoms with Crippen LogP contribution in [0, 0.1) is 11.7 Å². The first-order chi connectivity index (χ1) is 8.93. The third-order valence-electron chi connectivity index (χ3n) is 3.24. The lowest BCUT2D eigenvalue weighted by Crippen LogP contribution is -2.11. The van der Waals surface area contributed by atoms with Crippen LogP contribution in [0.5, 0.6) is 5.75 Å². The van der Waals surface area contributed by atoms with Crippen LogP contribution in [0.4, 0.5) is 10.3 Å². The van der Waals surface area contributed by atoms with Gasteiger partial charge in [-0.3, -0.25) is 0 Å². The van der Waals surface area contributed by atoms with Gasteiger partial charge in [-0.05, 0) is 19.3 Å². The van der Waals surface area contributed by atoms with Crippen LogP contribution in [-0.2, 0) is 0 Å². The minimum atomic E-state index is -0.420. The molecule has 1 atom stereocenters. The van der Waals surface area contributed by atoms with Gasteiger partial charge in [-0.15, -0.1) is 0 Å². The molecule has 2 rings (SSSR count). The normalized spacial score (nSPS) is 13.2. The third kappa shape index (κ3) is 2.50. The zero-order chi connectivity index (χ0) is 14.2. The predicted octanol–water partition coefficient (Wildman–Crippen LogP) is 3.37. The zero-order valence-electron chi connectivity index (χ0n) is 11.8. The van der Waals surface area contributed by atoms with Crippen molar-refractivity contribution in [2.24, 2.45) is 5.92 Å². The number of methoxy groups -OCH3 is 1. The van der Waals surface area contributed by atoms with Crippen LogP contribution in [0.2, 0.25) is 0 Å². The second-order valence-corrected chi connectivity index (χ2v) is 5.29. The maximum atomic E-state index is 13.7. The molecule has 19 heavy (non-hydrogen) atoms. The Morgan fingerprint density at radius 2 is 2.05 bits per heavy atom. The molecule has 104 valence electrons. The molecule has 0 saturated carbocycles. The first kappa shape index (κ1) is 13.6. The number of anilines is 1. The van der Waals surface area contributed by atoms with Gasteiger partial charge in [-0.1, -0.05) is 13.8 Å². The molecule has 5 heteroatoms. The number of nitrogens with two attached hydrogens (primary N) is 1. The summed E-state index contributed by atoms with van der Waals surface area (Å²) in [5, 5.41) is 0. The summed E-state index contributed by atoms with van der Waals surface area (Å²) >= 11 is 0. The number of ether oxygens (including phenoxy) is 1. The molecular formula is C14H20FN3O. The van der Waals surface area contributed by atoms with E-state index in [9.17, 15) is 4.39 Å². The standard InChI is InChI=1S/C14H20FN3O/c1-8(2)5-9(3)18-12-7-13(19-4)10(15)6-11(12)17-14(18)16/h6-9H,5H2,1-4H3,(H2,16,17). The number of aromatic nitrogens is 2. The highest BCUT2D eigenvalue weighted by Gasteiger charge is 2.17. The number of fused-ring (bicyclic) bond motifs is 1. The van der Waals surface area contributed by atoms with E-state index in [0.29, 0.717) is 17.4 Å². The van der Waals surface area contributed by atoms with Gasteiger partial charge in [0.05, 0.1) is 18.1 Å². The second kappa shape index (κ2) is 5.07. The minimum absolute atomic E-state index is 0.208. The Hall–Kier alpha value is -1.78. The highest BCUT2D eigenvalue weighted by atomic mass is 19.1. The lowest BCUT2D eigenvalue weighted by Gasteiger charge is -2.18. The first-order valence-corrected chi connectivity index (χ1v) is 6.45. The number of rotatable bonds is 4. The Morgan fingerprint density at radius 3 is 2.63 bits per heavy atom. The molecule has 1 heterocycles. The molecule has 0 fully saturated rings. The van der Waals surface area contributed by atoms with Crippen LogP contribution in [0.15, 0.2) is 12.1 Å². The Morgan fingerprint density at radius 1 is 1.37 bits per heavy atom. The number of nitrogen functional groups attached to an aromatic ring is 1. The number of halogens is 1. The number of nitrogens with zero attached hydrogens (tertiary/aromatic N) is 2. The predicted molar refractivity (Wildman–Crippen MR) is 74.8 cm³/mol. The van der Waals surface area contributed by atoms with Crippen LogP contribution in [0.1, 0.15) is 33.2 Å². The summed E-state index contributed by atoms with van der Waals surface area (Å²) in [6, 6.07) is 3.23. The summed E-state index contributed by atoms with van der Waals surface area (Å²) in [5.74, 6) is 0.756. The molecule has 1 aromatic carbocycles. The van der Waals surface area contributed by atoms with Gasteiger partial charge < -0.3 is 15.0 Å². The molecule has 0 saturated heterocycles. The van der Waals surface area contributed by atoms with E-state index < -0.39 is 5.82 Å². The van der Waals surface area contributed by atoms with E-state index in [2.05, 4.69) is 25.8 Å². The Balaban J connectivity index is 2.56. The van der Waals surface area contributed by atoms with Crippen LogP contribution < -0.4 is 10.5 Å². The third-order valence-corrected chi connectivity index (χ3v) is 3.24. The number of benzene rings is 1. The SMILES string of the molecule is COc1cc2c(cc1F)nc(N)n2C(C)CC(C)C. The molecule has 2 N–H and O–H groups in total. The summed E-state index contributed by atoms with van der Waals surface area (Å²) in [6.45, 7) is 6.41. The highest BCUT2D eigenvalue weighted by molar-refractivity contribution is 5.80. The fraction of sp³-hybridized carbons (Fsp3) is 0.500. The van der Waals surface area contributed by atoms with Gasteiger partial charge in [0.15, 0.2) is 11.6 Å². The van der Waals surface area contributed by atoms with Gasteiger partial charge in [-0.2, -0.15) is 0 Å². The van der Waals surface area contributed by atoms with E-state index in [-0.39, 0.29) is 11.8 Å². The van der Waals surface area contributed by atoms with Crippen molar-refractivity contribution in [3.8, 4) is 5.75 Å². The van der Waals surface area contributed by atoms with E-state index in [1.54, 1.807) is 6.07 Å². The Kier molecular flexibility index (Phi) is 3.64. The van der Waals surface area contributed by atoms with E-state index in [0.717, 1.165) is 11.9 Å². The molecular weight excluding hydrogens is 245 g/mol. The van der Waals surface area contributed by atoms with Crippen molar-refractivity contribution in [2.75, 3.05) is 12.8 Å². The van der Waals surface area contributed by atoms with Crippen LogP contribution in [0.3, 0.4) is 0 Å². The molecule has 2 aromatic rings. The first-order valence-electron chi connectivity index (χ1n) is 6.45. The number of hydrogen-bond donors (Lipinski definition) is 1. The molecule has 0 bridgehead atoms. The second-order valence-electron chi connectivity index (χ2n) is 5.29. The molecule has 0 amide bonds. The van der Waals surface area contributed by atoms with E-state index in [4.69, 9.17) is 10.5 Å². The van der Waals surface area contributed by atoms with Crippen molar-refractivity contribution in [3.63, 3.8) is 0 Å². The van der Waals surface area contributed by atoms with Crippen molar-refractivity contribution in [1.29, 1.82) is 0 Å². The van der Waals surface area contributed by atoms with Gasteiger partial charge in [0.2, 0.25) is 5.95 Å². The van der Waals surface area contributed by atoms with Gasteiger partial charge in [0.1, 0.15) is 0 Å². The largest absolute Gasteiger partial charge is 0.494 e. The highest BCUT2D eigenvalue weighted by Crippen LogP contribution is 2.30. The maximum Gasteiger partial charge on any atom is 0.201 e. The van der Waals surface area contributed by atoms with Crippen molar-refractivity contribution in [3.05, 3.63) is 17.9 Å². The van der Waals surface area contributed by atoms with Crippen LogP contribution >= 0.6 is 0 Å².